The van der Waals surface area contributed by atoms with Gasteiger partial charge in [-0.25, -0.2) is 4.79 Å². The molecular weight excluding hydrogens is 256 g/mol. The van der Waals surface area contributed by atoms with Gasteiger partial charge in [0.2, 0.25) is 0 Å². The van der Waals surface area contributed by atoms with Gasteiger partial charge in [-0.3, -0.25) is 0 Å². The van der Waals surface area contributed by atoms with Gasteiger partial charge in [-0.05, 0) is 24.3 Å². The minimum atomic E-state index is -1.36. The highest BCUT2D eigenvalue weighted by atomic mass is 16.6. The Hall–Kier alpha value is -1.67. The first kappa shape index (κ1) is 13.8. The van der Waals surface area contributed by atoms with Crippen LogP contribution in [0.1, 0.15) is 10.4 Å². The first-order chi connectivity index (χ1) is 8.99. The van der Waals surface area contributed by atoms with Crippen LogP contribution in [-0.2, 0) is 4.74 Å². The summed E-state index contributed by atoms with van der Waals surface area (Å²) in [5.41, 5.74) is 0.0911. The van der Waals surface area contributed by atoms with Crippen molar-refractivity contribution in [3.05, 3.63) is 29.8 Å². The molecule has 0 amide bonds. The predicted octanol–water partition coefficient (Wildman–Crippen LogP) is -0.797. The van der Waals surface area contributed by atoms with Crippen LogP contribution in [0.2, 0.25) is 0 Å². The molecule has 1 aromatic rings. The predicted molar refractivity (Wildman–Crippen MR) is 61.8 cm³/mol. The molecule has 104 valence electrons. The highest BCUT2D eigenvalue weighted by Gasteiger charge is 2.39. The van der Waals surface area contributed by atoms with Crippen LogP contribution in [0, 0.1) is 0 Å². The topological polar surface area (TPSA) is 116 Å². The van der Waals surface area contributed by atoms with Crippen LogP contribution in [0.4, 0.5) is 0 Å². The Morgan fingerprint density at radius 1 is 1.21 bits per heavy atom. The van der Waals surface area contributed by atoms with Crippen LogP contribution in [-0.4, -0.2) is 57.6 Å². The maximum atomic E-state index is 10.7. The number of ether oxygens (including phenoxy) is 2. The lowest BCUT2D eigenvalue weighted by molar-refractivity contribution is -0.244. The molecule has 0 aliphatic carbocycles. The number of carboxylic acids is 1. The van der Waals surface area contributed by atoms with E-state index in [1.165, 1.54) is 24.3 Å². The average molecular weight is 270 g/mol. The van der Waals surface area contributed by atoms with E-state index in [-0.39, 0.29) is 17.9 Å². The van der Waals surface area contributed by atoms with Crippen LogP contribution in [0.5, 0.6) is 5.75 Å². The normalized spacial score (nSPS) is 30.9. The van der Waals surface area contributed by atoms with Gasteiger partial charge < -0.3 is 29.9 Å². The monoisotopic (exact) mass is 270 g/mol. The quantitative estimate of drug-likeness (QED) is 0.568. The molecule has 0 aromatic heterocycles. The fourth-order valence-corrected chi connectivity index (χ4v) is 1.74. The van der Waals surface area contributed by atoms with Gasteiger partial charge in [0.1, 0.15) is 18.0 Å². The number of hydrogen-bond donors (Lipinski definition) is 4. The molecule has 2 rings (SSSR count). The number of carbonyl (C=O) groups is 1. The Morgan fingerprint density at radius 3 is 2.42 bits per heavy atom. The van der Waals surface area contributed by atoms with Gasteiger partial charge in [-0.15, -0.1) is 0 Å². The number of benzene rings is 1. The summed E-state index contributed by atoms with van der Waals surface area (Å²) in [7, 11) is 0. The van der Waals surface area contributed by atoms with Crippen LogP contribution in [0.15, 0.2) is 24.3 Å². The third-order valence-electron chi connectivity index (χ3n) is 2.82. The van der Waals surface area contributed by atoms with E-state index in [9.17, 15) is 20.1 Å². The van der Waals surface area contributed by atoms with Crippen molar-refractivity contribution in [1.82, 2.24) is 0 Å². The summed E-state index contributed by atoms with van der Waals surface area (Å²) in [5.74, 6) is -0.811. The Balaban J connectivity index is 2.08. The van der Waals surface area contributed by atoms with Gasteiger partial charge in [-0.2, -0.15) is 0 Å². The Morgan fingerprint density at radius 2 is 1.84 bits per heavy atom. The molecule has 0 bridgehead atoms. The highest BCUT2D eigenvalue weighted by Crippen LogP contribution is 2.21. The largest absolute Gasteiger partial charge is 0.482 e. The molecule has 7 heteroatoms. The van der Waals surface area contributed by atoms with Crippen molar-refractivity contribution in [2.45, 2.75) is 24.6 Å². The van der Waals surface area contributed by atoms with Gasteiger partial charge in [0, 0.05) is 0 Å². The van der Waals surface area contributed by atoms with E-state index >= 15 is 0 Å². The Labute approximate surface area is 108 Å². The summed E-state index contributed by atoms with van der Waals surface area (Å²) in [6.07, 6.45) is -4.94. The number of hydrogen-bond acceptors (Lipinski definition) is 6. The summed E-state index contributed by atoms with van der Waals surface area (Å²) < 4.78 is 10.1. The molecule has 1 aromatic carbocycles. The second-order valence-corrected chi connectivity index (χ2v) is 4.19. The van der Waals surface area contributed by atoms with Crippen molar-refractivity contribution in [3.63, 3.8) is 0 Å². The zero-order valence-electron chi connectivity index (χ0n) is 9.84. The number of carboxylic acid groups (broad SMARTS) is 1. The van der Waals surface area contributed by atoms with Gasteiger partial charge in [0.25, 0.3) is 0 Å². The van der Waals surface area contributed by atoms with E-state index in [0.29, 0.717) is 0 Å². The molecule has 4 atom stereocenters. The first-order valence-electron chi connectivity index (χ1n) is 5.65. The fraction of sp³-hybridized carbons (Fsp3) is 0.417. The second kappa shape index (κ2) is 5.54. The maximum absolute atomic E-state index is 10.7. The molecule has 0 saturated carbocycles. The van der Waals surface area contributed by atoms with Crippen molar-refractivity contribution in [2.75, 3.05) is 6.61 Å². The van der Waals surface area contributed by atoms with Crippen molar-refractivity contribution in [3.8, 4) is 5.75 Å². The number of rotatable bonds is 3. The van der Waals surface area contributed by atoms with Crippen molar-refractivity contribution >= 4 is 5.97 Å². The number of aliphatic hydroxyl groups is 3. The third kappa shape index (κ3) is 3.02. The Kier molecular flexibility index (Phi) is 4.01. The minimum absolute atomic E-state index is 0.0911. The standard InChI is InChI=1S/C12H14O7/c13-8-5-18-12(17)10(9(8)14)19-7-3-1-6(2-4-7)11(15)16/h1-4,8-10,12-14,17H,5H2,(H,15,16)/t8-,9+,10-,12-/m1/s1. The smallest absolute Gasteiger partial charge is 0.335 e. The van der Waals surface area contributed by atoms with Gasteiger partial charge in [0.05, 0.1) is 12.2 Å². The molecule has 0 radical (unpaired) electrons. The molecule has 1 aliphatic heterocycles. The SMILES string of the molecule is O=C(O)c1ccc(O[C@@H]2[C@@H](O)[C@H](O)CO[C@H]2O)cc1. The summed E-state index contributed by atoms with van der Waals surface area (Å²) in [6.45, 7) is -0.180. The fourth-order valence-electron chi connectivity index (χ4n) is 1.74. The average Bonchev–Trinajstić information content (AvgIpc) is 2.40. The van der Waals surface area contributed by atoms with Gasteiger partial charge in [0.15, 0.2) is 12.4 Å². The zero-order chi connectivity index (χ0) is 14.0. The van der Waals surface area contributed by atoms with Crippen molar-refractivity contribution < 1.29 is 34.7 Å². The highest BCUT2D eigenvalue weighted by molar-refractivity contribution is 5.87. The van der Waals surface area contributed by atoms with E-state index in [2.05, 4.69) is 0 Å². The van der Waals surface area contributed by atoms with Gasteiger partial charge >= 0.3 is 5.97 Å². The lowest BCUT2D eigenvalue weighted by atomic mass is 10.1. The lowest BCUT2D eigenvalue weighted by Gasteiger charge is -2.35. The molecular formula is C12H14O7. The van der Waals surface area contributed by atoms with E-state index in [0.717, 1.165) is 0 Å². The van der Waals surface area contributed by atoms with Crippen molar-refractivity contribution in [2.24, 2.45) is 0 Å². The molecule has 19 heavy (non-hydrogen) atoms. The van der Waals surface area contributed by atoms with Crippen LogP contribution in [0.25, 0.3) is 0 Å². The zero-order valence-corrected chi connectivity index (χ0v) is 9.84. The molecule has 0 unspecified atom stereocenters. The number of aromatic carboxylic acids is 1. The van der Waals surface area contributed by atoms with E-state index < -0.39 is 30.6 Å². The Bertz CT molecular complexity index is 444. The van der Waals surface area contributed by atoms with E-state index in [1.54, 1.807) is 0 Å². The lowest BCUT2D eigenvalue weighted by Crippen LogP contribution is -2.55. The molecule has 1 fully saturated rings. The van der Waals surface area contributed by atoms with E-state index in [4.69, 9.17) is 14.6 Å². The third-order valence-corrected chi connectivity index (χ3v) is 2.82. The molecule has 1 heterocycles. The molecule has 7 nitrogen and oxygen atoms in total. The summed E-state index contributed by atoms with van der Waals surface area (Å²) in [4.78, 5) is 10.7. The van der Waals surface area contributed by atoms with Crippen molar-refractivity contribution in [1.29, 1.82) is 0 Å². The number of aliphatic hydroxyl groups excluding tert-OH is 3. The van der Waals surface area contributed by atoms with E-state index in [1.807, 2.05) is 0 Å². The summed E-state index contributed by atoms with van der Waals surface area (Å²) in [5, 5.41) is 37.4. The van der Waals surface area contributed by atoms with Crippen LogP contribution < -0.4 is 4.74 Å². The molecule has 4 N–H and O–H groups in total. The van der Waals surface area contributed by atoms with Crippen LogP contribution >= 0.6 is 0 Å². The van der Waals surface area contributed by atoms with Gasteiger partial charge in [-0.1, -0.05) is 0 Å². The molecule has 1 aliphatic rings. The summed E-state index contributed by atoms with van der Waals surface area (Å²) in [6, 6.07) is 5.45. The molecule has 0 spiro atoms. The molecule has 1 saturated heterocycles. The maximum Gasteiger partial charge on any atom is 0.335 e. The second-order valence-electron chi connectivity index (χ2n) is 4.19. The van der Waals surface area contributed by atoms with Crippen LogP contribution in [0.3, 0.4) is 0 Å². The first-order valence-corrected chi connectivity index (χ1v) is 5.65. The summed E-state index contributed by atoms with van der Waals surface area (Å²) >= 11 is 0. The minimum Gasteiger partial charge on any atom is -0.482 e.